The van der Waals surface area contributed by atoms with Gasteiger partial charge in [0.15, 0.2) is 0 Å². The van der Waals surface area contributed by atoms with Gasteiger partial charge in [0.25, 0.3) is 0 Å². The maximum Gasteiger partial charge on any atom is 0.312 e. The Hall–Kier alpha value is -2.96. The number of carboxylic acids is 1. The van der Waals surface area contributed by atoms with Crippen molar-refractivity contribution in [3.63, 3.8) is 0 Å². The van der Waals surface area contributed by atoms with Crippen LogP contribution in [-0.4, -0.2) is 53.4 Å². The summed E-state index contributed by atoms with van der Waals surface area (Å²) in [4.78, 5) is 28.6. The van der Waals surface area contributed by atoms with E-state index < -0.39 is 11.9 Å². The van der Waals surface area contributed by atoms with Crippen molar-refractivity contribution in [2.45, 2.75) is 6.42 Å². The molecule has 7 nitrogen and oxygen atoms in total. The Bertz CT molecular complexity index is 800. The number of aliphatic imine (C=N–C) groups is 1. The zero-order valence-electron chi connectivity index (χ0n) is 13.7. The Balaban J connectivity index is 1.45. The molecular weight excluding hydrogens is 318 g/mol. The van der Waals surface area contributed by atoms with E-state index in [0.717, 1.165) is 49.1 Å². The van der Waals surface area contributed by atoms with E-state index in [-0.39, 0.29) is 0 Å². The Morgan fingerprint density at radius 2 is 1.80 bits per heavy atom. The second kappa shape index (κ2) is 6.51. The Morgan fingerprint density at radius 1 is 1.08 bits per heavy atom. The van der Waals surface area contributed by atoms with Crippen molar-refractivity contribution in [2.75, 3.05) is 36.0 Å². The van der Waals surface area contributed by atoms with Crippen LogP contribution in [0.25, 0.3) is 0 Å². The second-order valence-electron chi connectivity index (χ2n) is 6.26. The van der Waals surface area contributed by atoms with E-state index in [1.54, 1.807) is 18.6 Å². The number of hydrogen-bond acceptors (Lipinski definition) is 6. The summed E-state index contributed by atoms with van der Waals surface area (Å²) in [6.07, 6.45) is 5.58. The third-order valence-corrected chi connectivity index (χ3v) is 4.70. The first-order chi connectivity index (χ1) is 12.2. The first-order valence-electron chi connectivity index (χ1n) is 8.37. The van der Waals surface area contributed by atoms with Crippen LogP contribution in [0.2, 0.25) is 0 Å². The summed E-state index contributed by atoms with van der Waals surface area (Å²) in [6, 6.07) is 7.94. The summed E-state index contributed by atoms with van der Waals surface area (Å²) < 4.78 is 0. The fourth-order valence-electron chi connectivity index (χ4n) is 3.27. The largest absolute Gasteiger partial charge is 0.481 e. The number of fused-ring (bicyclic) bond motifs is 1. The zero-order chi connectivity index (χ0) is 17.2. The highest BCUT2D eigenvalue weighted by Crippen LogP contribution is 2.31. The third kappa shape index (κ3) is 3.17. The van der Waals surface area contributed by atoms with Gasteiger partial charge in [-0.2, -0.15) is 0 Å². The van der Waals surface area contributed by atoms with Crippen LogP contribution >= 0.6 is 0 Å². The molecule has 4 rings (SSSR count). The molecule has 1 fully saturated rings. The smallest absolute Gasteiger partial charge is 0.312 e. The topological polar surface area (TPSA) is 81.9 Å². The SMILES string of the molecule is O=C(O)C1C=Nc2cc(N3CCN(c4ncccn4)CC3)ccc2C1. The van der Waals surface area contributed by atoms with Gasteiger partial charge in [-0.3, -0.25) is 9.79 Å². The molecule has 0 radical (unpaired) electrons. The number of carboxylic acid groups (broad SMARTS) is 1. The maximum atomic E-state index is 11.1. The summed E-state index contributed by atoms with van der Waals surface area (Å²) >= 11 is 0. The van der Waals surface area contributed by atoms with Crippen molar-refractivity contribution >= 4 is 29.5 Å². The predicted octanol–water partition coefficient (Wildman–Crippen LogP) is 1.76. The highest BCUT2D eigenvalue weighted by Gasteiger charge is 2.23. The standard InChI is InChI=1S/C18H19N5O2/c24-17(25)14-10-13-2-3-15(11-16(13)21-12-14)22-6-8-23(9-7-22)18-19-4-1-5-20-18/h1-5,11-12,14H,6-10H2,(H,24,25). The number of benzene rings is 1. The number of carbonyl (C=O) groups is 1. The van der Waals surface area contributed by atoms with Gasteiger partial charge in [-0.1, -0.05) is 6.07 Å². The number of piperazine rings is 1. The van der Waals surface area contributed by atoms with Crippen molar-refractivity contribution in [2.24, 2.45) is 10.9 Å². The molecule has 128 valence electrons. The first-order valence-corrected chi connectivity index (χ1v) is 8.37. The van der Waals surface area contributed by atoms with Gasteiger partial charge in [0.05, 0.1) is 11.6 Å². The number of nitrogens with zero attached hydrogens (tertiary/aromatic N) is 5. The summed E-state index contributed by atoms with van der Waals surface area (Å²) in [5.74, 6) is -0.567. The lowest BCUT2D eigenvalue weighted by atomic mass is 9.96. The third-order valence-electron chi connectivity index (χ3n) is 4.70. The van der Waals surface area contributed by atoms with Gasteiger partial charge in [0.1, 0.15) is 0 Å². The average Bonchev–Trinajstić information content (AvgIpc) is 2.68. The van der Waals surface area contributed by atoms with Gasteiger partial charge in [-0.15, -0.1) is 0 Å². The molecule has 1 saturated heterocycles. The minimum Gasteiger partial charge on any atom is -0.481 e. The fourth-order valence-corrected chi connectivity index (χ4v) is 3.27. The van der Waals surface area contributed by atoms with Gasteiger partial charge in [-0.25, -0.2) is 9.97 Å². The molecule has 7 heteroatoms. The van der Waals surface area contributed by atoms with Crippen molar-refractivity contribution in [3.05, 3.63) is 42.2 Å². The molecule has 2 aliphatic heterocycles. The number of hydrogen-bond donors (Lipinski definition) is 1. The molecule has 1 aromatic heterocycles. The summed E-state index contributed by atoms with van der Waals surface area (Å²) in [5, 5.41) is 9.13. The highest BCUT2D eigenvalue weighted by molar-refractivity contribution is 5.92. The highest BCUT2D eigenvalue weighted by atomic mass is 16.4. The molecule has 0 bridgehead atoms. The lowest BCUT2D eigenvalue weighted by Gasteiger charge is -2.36. The normalized spacial score (nSPS) is 19.6. The maximum absolute atomic E-state index is 11.1. The summed E-state index contributed by atoms with van der Waals surface area (Å²) in [6.45, 7) is 3.51. The lowest BCUT2D eigenvalue weighted by molar-refractivity contribution is -0.139. The minimum absolute atomic E-state index is 0.508. The molecule has 25 heavy (non-hydrogen) atoms. The molecular formula is C18H19N5O2. The molecule has 1 atom stereocenters. The number of aromatic nitrogens is 2. The van der Waals surface area contributed by atoms with Gasteiger partial charge in [0.2, 0.25) is 5.95 Å². The quantitative estimate of drug-likeness (QED) is 0.919. The van der Waals surface area contributed by atoms with Crippen LogP contribution < -0.4 is 9.80 Å². The molecule has 3 heterocycles. The van der Waals surface area contributed by atoms with E-state index in [1.807, 2.05) is 12.1 Å². The Morgan fingerprint density at radius 3 is 2.52 bits per heavy atom. The van der Waals surface area contributed by atoms with Gasteiger partial charge >= 0.3 is 5.97 Å². The van der Waals surface area contributed by atoms with Crippen molar-refractivity contribution in [1.82, 2.24) is 9.97 Å². The van der Waals surface area contributed by atoms with Crippen LogP contribution in [0.1, 0.15) is 5.56 Å². The van der Waals surface area contributed by atoms with Crippen LogP contribution in [0, 0.1) is 5.92 Å². The van der Waals surface area contributed by atoms with Gasteiger partial charge in [0, 0.05) is 50.5 Å². The molecule has 1 aromatic carbocycles. The average molecular weight is 337 g/mol. The molecule has 0 saturated carbocycles. The predicted molar refractivity (Wildman–Crippen MR) is 95.9 cm³/mol. The van der Waals surface area contributed by atoms with Gasteiger partial charge in [-0.05, 0) is 30.2 Å². The lowest BCUT2D eigenvalue weighted by Crippen LogP contribution is -2.47. The molecule has 1 N–H and O–H groups in total. The molecule has 0 amide bonds. The van der Waals surface area contributed by atoms with E-state index in [4.69, 9.17) is 5.11 Å². The number of rotatable bonds is 3. The van der Waals surface area contributed by atoms with E-state index in [2.05, 4.69) is 36.9 Å². The van der Waals surface area contributed by atoms with Crippen LogP contribution in [0.5, 0.6) is 0 Å². The van der Waals surface area contributed by atoms with E-state index >= 15 is 0 Å². The van der Waals surface area contributed by atoms with Crippen LogP contribution in [0.15, 0.2) is 41.7 Å². The molecule has 2 aliphatic rings. The monoisotopic (exact) mass is 337 g/mol. The summed E-state index contributed by atoms with van der Waals surface area (Å²) in [7, 11) is 0. The molecule has 1 unspecified atom stereocenters. The van der Waals surface area contributed by atoms with Crippen molar-refractivity contribution in [1.29, 1.82) is 0 Å². The second-order valence-corrected chi connectivity index (χ2v) is 6.26. The Kier molecular flexibility index (Phi) is 4.05. The fraction of sp³-hybridized carbons (Fsp3) is 0.333. The Labute approximate surface area is 145 Å². The van der Waals surface area contributed by atoms with Crippen molar-refractivity contribution in [3.8, 4) is 0 Å². The van der Waals surface area contributed by atoms with Crippen LogP contribution in [0.3, 0.4) is 0 Å². The first kappa shape index (κ1) is 15.6. The molecule has 0 aliphatic carbocycles. The number of anilines is 2. The number of aliphatic carboxylic acids is 1. The van der Waals surface area contributed by atoms with Crippen LogP contribution in [-0.2, 0) is 11.2 Å². The van der Waals surface area contributed by atoms with E-state index in [1.165, 1.54) is 0 Å². The van der Waals surface area contributed by atoms with Crippen LogP contribution in [0.4, 0.5) is 17.3 Å². The van der Waals surface area contributed by atoms with E-state index in [0.29, 0.717) is 6.42 Å². The molecule has 2 aromatic rings. The summed E-state index contributed by atoms with van der Waals surface area (Å²) in [5.41, 5.74) is 3.00. The van der Waals surface area contributed by atoms with Crippen molar-refractivity contribution < 1.29 is 9.90 Å². The van der Waals surface area contributed by atoms with E-state index in [9.17, 15) is 4.79 Å². The minimum atomic E-state index is -0.822. The van der Waals surface area contributed by atoms with Gasteiger partial charge < -0.3 is 14.9 Å². The molecule has 0 spiro atoms. The zero-order valence-corrected chi connectivity index (χ0v) is 13.7.